The fourth-order valence-corrected chi connectivity index (χ4v) is 0.597. The zero-order chi connectivity index (χ0) is 6.41. The summed E-state index contributed by atoms with van der Waals surface area (Å²) in [4.78, 5) is 4.93. The van der Waals surface area contributed by atoms with Crippen molar-refractivity contribution < 1.29 is 16.3 Å². The summed E-state index contributed by atoms with van der Waals surface area (Å²) in [6, 6.07) is 0. The molecule has 0 saturated carbocycles. The molecule has 0 bridgehead atoms. The number of rotatable bonds is 0. The van der Waals surface area contributed by atoms with Crippen molar-refractivity contribution in [2.24, 2.45) is 0 Å². The zero-order valence-corrected chi connectivity index (χ0v) is 9.89. The maximum atomic E-state index is 3.72. The minimum absolute atomic E-state index is 1.19. The Balaban J connectivity index is 0.000000222. The summed E-state index contributed by atoms with van der Waals surface area (Å²) in [5.41, 5.74) is 2.72. The molecule has 1 nitrogen and oxygen atoms in total. The Bertz CT molecular complexity index is 120. The number of aromatic nitrogens is 1. The molecule has 4 heteroatoms. The number of thiazole rings is 1. The second kappa shape index (κ2) is 5.86. The van der Waals surface area contributed by atoms with E-state index in [1.54, 1.807) is 17.5 Å². The van der Waals surface area contributed by atoms with Crippen molar-refractivity contribution in [3.05, 3.63) is 16.6 Å². The molecule has 40 valence electrons. The van der Waals surface area contributed by atoms with Crippen molar-refractivity contribution in [1.82, 2.24) is 4.98 Å². The minimum atomic E-state index is 1.19. The van der Waals surface area contributed by atoms with E-state index < -0.39 is 0 Å². The van der Waals surface area contributed by atoms with Crippen LogP contribution in [-0.4, -0.2) is 4.98 Å². The third kappa shape index (κ3) is 3.70. The zero-order valence-electron chi connectivity index (χ0n) is 4.52. The molecule has 0 spiro atoms. The van der Waals surface area contributed by atoms with E-state index in [4.69, 9.17) is 0 Å². The van der Waals surface area contributed by atoms with Gasteiger partial charge in [0.05, 0.1) is 0 Å². The molecule has 0 radical (unpaired) electrons. The van der Waals surface area contributed by atoms with Crippen LogP contribution in [-0.2, 0) is 16.3 Å². The van der Waals surface area contributed by atoms with Crippen molar-refractivity contribution >= 4 is 25.0 Å². The molecule has 0 unspecified atom stereocenters. The summed E-state index contributed by atoms with van der Waals surface area (Å²) in [6.45, 7) is 2.01. The number of aryl methyl sites for hydroxylation is 1. The van der Waals surface area contributed by atoms with Crippen LogP contribution in [0.4, 0.5) is 0 Å². The molecular weight excluding hydrogens is 239 g/mol. The van der Waals surface area contributed by atoms with Gasteiger partial charge >= 0.3 is 30.0 Å². The number of nitrogens with zero attached hydrogens (tertiary/aromatic N) is 1. The van der Waals surface area contributed by atoms with E-state index in [2.05, 4.69) is 24.1 Å². The van der Waals surface area contributed by atoms with E-state index in [0.29, 0.717) is 0 Å². The van der Waals surface area contributed by atoms with Gasteiger partial charge in [-0.3, -0.25) is 11.3 Å². The Morgan fingerprint density at radius 1 is 1.88 bits per heavy atom. The molecule has 1 heterocycles. The van der Waals surface area contributed by atoms with Crippen molar-refractivity contribution in [2.45, 2.75) is 6.92 Å². The van der Waals surface area contributed by atoms with Crippen LogP contribution in [0.15, 0.2) is 6.20 Å². The summed E-state index contributed by atoms with van der Waals surface area (Å²) < 4.78 is 0. The Hall–Kier alpha value is 0.733. The van der Waals surface area contributed by atoms with Crippen molar-refractivity contribution in [2.75, 3.05) is 0 Å². The van der Waals surface area contributed by atoms with Crippen molar-refractivity contribution in [3.63, 3.8) is 0 Å². The molecule has 8 heavy (non-hydrogen) atoms. The Morgan fingerprint density at radius 2 is 2.50 bits per heavy atom. The third-order valence-corrected chi connectivity index (χ3v) is 1.13. The normalized spacial score (nSPS) is 7.50. The average Bonchev–Trinajstić information content (AvgIpc) is 2.24. The van der Waals surface area contributed by atoms with Crippen LogP contribution in [0.3, 0.4) is 0 Å². The van der Waals surface area contributed by atoms with Gasteiger partial charge in [-0.2, -0.15) is 0 Å². The monoisotopic (exact) mass is 241 g/mol. The predicted molar refractivity (Wildman–Crippen MR) is 34.6 cm³/mol. The topological polar surface area (TPSA) is 12.9 Å². The first kappa shape index (κ1) is 8.73. The first-order valence-corrected chi connectivity index (χ1v) is 9.71. The van der Waals surface area contributed by atoms with Crippen LogP contribution in [0.1, 0.15) is 4.88 Å². The number of hydrogen-bond acceptors (Lipinski definition) is 2. The third-order valence-electron chi connectivity index (χ3n) is 0.506. The van der Waals surface area contributed by atoms with Gasteiger partial charge in [0.25, 0.3) is 0 Å². The van der Waals surface area contributed by atoms with Crippen molar-refractivity contribution in [3.8, 4) is 0 Å². The predicted octanol–water partition coefficient (Wildman–Crippen LogP) is 2.09. The van der Waals surface area contributed by atoms with Gasteiger partial charge in [-0.05, 0) is 5.51 Å². The second-order valence-electron chi connectivity index (χ2n) is 1.06. The Kier molecular flexibility index (Phi) is 6.40. The summed E-state index contributed by atoms with van der Waals surface area (Å²) in [5.74, 6) is 0. The van der Waals surface area contributed by atoms with Gasteiger partial charge in [0.2, 0.25) is 0 Å². The Labute approximate surface area is 69.6 Å². The summed E-state index contributed by atoms with van der Waals surface area (Å²) >= 11 is 5.79. The SMILES string of the molecule is Cc1cn[c-]s1.[Zn+][Br]. The van der Waals surface area contributed by atoms with Crippen LogP contribution in [0.5, 0.6) is 0 Å². The number of halogens is 1. The van der Waals surface area contributed by atoms with Gasteiger partial charge in [-0.1, -0.05) is 6.92 Å². The van der Waals surface area contributed by atoms with Crippen LogP contribution in [0, 0.1) is 12.4 Å². The fraction of sp³-hybridized carbons (Fsp3) is 0.250. The molecule has 0 fully saturated rings. The van der Waals surface area contributed by atoms with Gasteiger partial charge in [0, 0.05) is 0 Å². The summed E-state index contributed by atoms with van der Waals surface area (Å²) in [6.07, 6.45) is 1.80. The summed E-state index contributed by atoms with van der Waals surface area (Å²) in [7, 11) is 0. The first-order chi connectivity index (χ1) is 3.89. The van der Waals surface area contributed by atoms with E-state index in [1.165, 1.54) is 21.2 Å². The van der Waals surface area contributed by atoms with Crippen LogP contribution in [0.2, 0.25) is 0 Å². The molecule has 0 amide bonds. The molecule has 0 aliphatic carbocycles. The molecule has 1 aromatic heterocycles. The van der Waals surface area contributed by atoms with Crippen LogP contribution in [0.25, 0.3) is 0 Å². The van der Waals surface area contributed by atoms with Crippen molar-refractivity contribution in [1.29, 1.82) is 0 Å². The van der Waals surface area contributed by atoms with Gasteiger partial charge in [0.15, 0.2) is 0 Å². The molecule has 0 aliphatic heterocycles. The van der Waals surface area contributed by atoms with E-state index in [9.17, 15) is 0 Å². The molecule has 1 rings (SSSR count). The van der Waals surface area contributed by atoms with E-state index in [-0.39, 0.29) is 0 Å². The van der Waals surface area contributed by atoms with Gasteiger partial charge < -0.3 is 4.98 Å². The molecule has 1 aromatic rings. The Morgan fingerprint density at radius 3 is 2.62 bits per heavy atom. The quantitative estimate of drug-likeness (QED) is 0.502. The maximum absolute atomic E-state index is 3.72. The molecule has 0 saturated heterocycles. The molecular formula is C4H4BrNSZn. The summed E-state index contributed by atoms with van der Waals surface area (Å²) in [5, 5.41) is 0. The molecule has 0 aromatic carbocycles. The fourth-order valence-electron chi connectivity index (χ4n) is 0.242. The average molecular weight is 243 g/mol. The molecule has 0 atom stereocenters. The molecule has 0 aliphatic rings. The standard InChI is InChI=1S/C4H4NS.BrH.Zn/c1-4-2-5-3-6-4;;/h2H,1H3;1H;/q-1;;+2/p-1. The number of hydrogen-bond donors (Lipinski definition) is 0. The van der Waals surface area contributed by atoms with E-state index in [1.807, 2.05) is 6.92 Å². The van der Waals surface area contributed by atoms with Gasteiger partial charge in [-0.25, -0.2) is 0 Å². The second-order valence-corrected chi connectivity index (χ2v) is 2.09. The van der Waals surface area contributed by atoms with Gasteiger partial charge in [0.1, 0.15) is 0 Å². The van der Waals surface area contributed by atoms with Gasteiger partial charge in [-0.15, -0.1) is 11.1 Å². The van der Waals surface area contributed by atoms with Crippen LogP contribution >= 0.6 is 25.0 Å². The van der Waals surface area contributed by atoms with E-state index in [0.717, 1.165) is 0 Å². The van der Waals surface area contributed by atoms with E-state index >= 15 is 0 Å². The first-order valence-electron chi connectivity index (χ1n) is 1.95. The molecule has 0 N–H and O–H groups in total. The van der Waals surface area contributed by atoms with Crippen LogP contribution < -0.4 is 0 Å².